The lowest BCUT2D eigenvalue weighted by Gasteiger charge is -2.26. The van der Waals surface area contributed by atoms with E-state index in [4.69, 9.17) is 21.1 Å². The minimum atomic E-state index is -0.552. The highest BCUT2D eigenvalue weighted by atomic mass is 35.5. The van der Waals surface area contributed by atoms with Crippen LogP contribution in [-0.2, 0) is 11.2 Å². The Kier molecular flexibility index (Phi) is 3.10. The average Bonchev–Trinajstić information content (AvgIpc) is 2.42. The molecule has 6 heteroatoms. The molecule has 3 rings (SSSR count). The van der Waals surface area contributed by atoms with Gasteiger partial charge < -0.3 is 9.47 Å². The van der Waals surface area contributed by atoms with Crippen LogP contribution in [0.25, 0.3) is 0 Å². The number of esters is 1. The standard InChI is InChI=1S/C15H11ClO5/c1-6-3-7-4-8-12(10(17)5-9(16)13(8)18)14(20-2)11(7)15(19)21-6/h4-6H,3H2,1-2H3/t6-/m1/s1. The molecule has 0 amide bonds. The van der Waals surface area contributed by atoms with Gasteiger partial charge in [-0.05, 0) is 18.6 Å². The number of benzene rings is 1. The fourth-order valence-corrected chi connectivity index (χ4v) is 2.90. The molecule has 0 aromatic heterocycles. The van der Waals surface area contributed by atoms with E-state index in [9.17, 15) is 14.4 Å². The van der Waals surface area contributed by atoms with Crippen LogP contribution in [0.1, 0.15) is 43.6 Å². The molecule has 0 unspecified atom stereocenters. The second-order valence-electron chi connectivity index (χ2n) is 4.97. The van der Waals surface area contributed by atoms with E-state index < -0.39 is 17.5 Å². The number of ether oxygens (including phenoxy) is 2. The zero-order chi connectivity index (χ0) is 15.3. The van der Waals surface area contributed by atoms with E-state index in [0.29, 0.717) is 12.0 Å². The molecule has 0 saturated carbocycles. The van der Waals surface area contributed by atoms with Crippen LogP contribution in [0, 0.1) is 0 Å². The van der Waals surface area contributed by atoms with Gasteiger partial charge in [-0.15, -0.1) is 0 Å². The number of cyclic esters (lactones) is 1. The number of ketones is 2. The normalized spacial score (nSPS) is 20.4. The monoisotopic (exact) mass is 306 g/mol. The van der Waals surface area contributed by atoms with E-state index in [0.717, 1.165) is 6.08 Å². The van der Waals surface area contributed by atoms with Crippen LogP contribution >= 0.6 is 11.6 Å². The molecule has 0 fully saturated rings. The molecule has 0 radical (unpaired) electrons. The predicted octanol–water partition coefficient (Wildman–Crippen LogP) is 2.30. The average molecular weight is 307 g/mol. The number of carbonyl (C=O) groups excluding carboxylic acids is 3. The van der Waals surface area contributed by atoms with Crippen molar-refractivity contribution in [3.05, 3.63) is 39.4 Å². The van der Waals surface area contributed by atoms with Crippen molar-refractivity contribution in [1.82, 2.24) is 0 Å². The third kappa shape index (κ3) is 1.96. The zero-order valence-corrected chi connectivity index (χ0v) is 12.1. The summed E-state index contributed by atoms with van der Waals surface area (Å²) in [5, 5.41) is -0.138. The number of fused-ring (bicyclic) bond motifs is 2. The first-order chi connectivity index (χ1) is 9.93. The minimum Gasteiger partial charge on any atom is -0.495 e. The molecule has 1 atom stereocenters. The van der Waals surface area contributed by atoms with Crippen molar-refractivity contribution in [2.45, 2.75) is 19.4 Å². The number of methoxy groups -OCH3 is 1. The van der Waals surface area contributed by atoms with Crippen LogP contribution in [0.2, 0.25) is 0 Å². The van der Waals surface area contributed by atoms with Crippen LogP contribution in [0.4, 0.5) is 0 Å². The number of Topliss-reactive ketones (excluding diaryl/α,β-unsaturated/α-hetero) is 1. The Labute approximate surface area is 125 Å². The molecule has 1 heterocycles. The van der Waals surface area contributed by atoms with Gasteiger partial charge in [-0.25, -0.2) is 4.79 Å². The maximum atomic E-state index is 12.2. The number of hydrogen-bond acceptors (Lipinski definition) is 5. The second-order valence-corrected chi connectivity index (χ2v) is 5.38. The van der Waals surface area contributed by atoms with Crippen LogP contribution in [0.15, 0.2) is 17.2 Å². The van der Waals surface area contributed by atoms with Gasteiger partial charge in [0.2, 0.25) is 5.78 Å². The quantitative estimate of drug-likeness (QED) is 0.745. The topological polar surface area (TPSA) is 69.7 Å². The summed E-state index contributed by atoms with van der Waals surface area (Å²) < 4.78 is 10.4. The van der Waals surface area contributed by atoms with E-state index >= 15 is 0 Å². The molecule has 1 aliphatic carbocycles. The van der Waals surface area contributed by atoms with Crippen molar-refractivity contribution in [3.63, 3.8) is 0 Å². The molecule has 0 saturated heterocycles. The first-order valence-corrected chi connectivity index (χ1v) is 6.73. The summed E-state index contributed by atoms with van der Waals surface area (Å²) in [7, 11) is 1.35. The van der Waals surface area contributed by atoms with Gasteiger partial charge in [-0.1, -0.05) is 11.6 Å². The van der Waals surface area contributed by atoms with Gasteiger partial charge in [0.1, 0.15) is 17.4 Å². The molecular formula is C15H11ClO5. The third-order valence-electron chi connectivity index (χ3n) is 3.55. The third-order valence-corrected chi connectivity index (χ3v) is 3.83. The first kappa shape index (κ1) is 13.8. The smallest absolute Gasteiger partial charge is 0.342 e. The van der Waals surface area contributed by atoms with Crippen molar-refractivity contribution in [1.29, 1.82) is 0 Å². The summed E-state index contributed by atoms with van der Waals surface area (Å²) in [5.74, 6) is -1.37. The summed E-state index contributed by atoms with van der Waals surface area (Å²) in [6.45, 7) is 1.76. The van der Waals surface area contributed by atoms with Crippen molar-refractivity contribution < 1.29 is 23.9 Å². The maximum Gasteiger partial charge on any atom is 0.342 e. The predicted molar refractivity (Wildman–Crippen MR) is 74.2 cm³/mol. The first-order valence-electron chi connectivity index (χ1n) is 6.35. The highest BCUT2D eigenvalue weighted by Gasteiger charge is 2.36. The zero-order valence-electron chi connectivity index (χ0n) is 11.4. The van der Waals surface area contributed by atoms with Gasteiger partial charge in [-0.2, -0.15) is 0 Å². The fourth-order valence-electron chi connectivity index (χ4n) is 2.70. The largest absolute Gasteiger partial charge is 0.495 e. The van der Waals surface area contributed by atoms with Gasteiger partial charge in [0.05, 0.1) is 17.7 Å². The number of carbonyl (C=O) groups is 3. The summed E-state index contributed by atoms with van der Waals surface area (Å²) in [6, 6.07) is 1.54. The van der Waals surface area contributed by atoms with Gasteiger partial charge in [0, 0.05) is 18.1 Å². The lowest BCUT2D eigenvalue weighted by molar-refractivity contribution is 0.0296. The van der Waals surface area contributed by atoms with E-state index in [1.807, 2.05) is 0 Å². The molecule has 0 N–H and O–H groups in total. The molecule has 1 aliphatic heterocycles. The molecule has 1 aromatic carbocycles. The van der Waals surface area contributed by atoms with Crippen molar-refractivity contribution in [2.24, 2.45) is 0 Å². The minimum absolute atomic E-state index is 0.0668. The molecule has 21 heavy (non-hydrogen) atoms. The molecule has 2 aliphatic rings. The number of hydrogen-bond donors (Lipinski definition) is 0. The summed E-state index contributed by atoms with van der Waals surface area (Å²) in [5.41, 5.74) is 1.07. The van der Waals surface area contributed by atoms with Gasteiger partial charge in [-0.3, -0.25) is 9.59 Å². The van der Waals surface area contributed by atoms with Crippen LogP contribution < -0.4 is 4.74 Å². The molecule has 0 spiro atoms. The molecule has 5 nitrogen and oxygen atoms in total. The summed E-state index contributed by atoms with van der Waals surface area (Å²) >= 11 is 5.78. The van der Waals surface area contributed by atoms with Crippen molar-refractivity contribution in [3.8, 4) is 5.75 Å². The summed E-state index contributed by atoms with van der Waals surface area (Å²) in [4.78, 5) is 36.4. The Balaban J connectivity index is 2.34. The molecule has 0 bridgehead atoms. The Morgan fingerprint density at radius 3 is 2.67 bits per heavy atom. The number of halogens is 1. The highest BCUT2D eigenvalue weighted by Crippen LogP contribution is 2.38. The molecular weight excluding hydrogens is 296 g/mol. The second kappa shape index (κ2) is 4.70. The molecule has 1 aromatic rings. The van der Waals surface area contributed by atoms with Crippen LogP contribution in [-0.4, -0.2) is 30.7 Å². The van der Waals surface area contributed by atoms with E-state index in [1.165, 1.54) is 7.11 Å². The van der Waals surface area contributed by atoms with E-state index in [1.54, 1.807) is 13.0 Å². The maximum absolute atomic E-state index is 12.2. The number of rotatable bonds is 1. The highest BCUT2D eigenvalue weighted by molar-refractivity contribution is 6.49. The Morgan fingerprint density at radius 1 is 1.29 bits per heavy atom. The lowest BCUT2D eigenvalue weighted by Crippen LogP contribution is -2.28. The van der Waals surface area contributed by atoms with Gasteiger partial charge in [0.15, 0.2) is 5.78 Å². The number of allylic oxidation sites excluding steroid dienone is 2. The van der Waals surface area contributed by atoms with E-state index in [2.05, 4.69) is 0 Å². The Bertz CT molecular complexity index is 732. The molecule has 108 valence electrons. The van der Waals surface area contributed by atoms with Crippen LogP contribution in [0.5, 0.6) is 5.75 Å². The van der Waals surface area contributed by atoms with Crippen molar-refractivity contribution >= 4 is 29.1 Å². The Morgan fingerprint density at radius 2 is 2.00 bits per heavy atom. The fraction of sp³-hybridized carbons (Fsp3) is 0.267. The van der Waals surface area contributed by atoms with Crippen molar-refractivity contribution in [2.75, 3.05) is 7.11 Å². The van der Waals surface area contributed by atoms with Gasteiger partial charge in [0.25, 0.3) is 0 Å². The van der Waals surface area contributed by atoms with E-state index in [-0.39, 0.29) is 33.6 Å². The lowest BCUT2D eigenvalue weighted by atomic mass is 9.86. The summed E-state index contributed by atoms with van der Waals surface area (Å²) in [6.07, 6.45) is 1.19. The SMILES string of the molecule is COc1c2c(cc3c1C(=O)C=C(Cl)C3=O)C[C@@H](C)OC2=O. The van der Waals surface area contributed by atoms with Gasteiger partial charge >= 0.3 is 5.97 Å². The van der Waals surface area contributed by atoms with Crippen LogP contribution in [0.3, 0.4) is 0 Å². The Hall–Kier alpha value is -2.14.